The van der Waals surface area contributed by atoms with Crippen molar-refractivity contribution in [3.05, 3.63) is 78.3 Å². The third-order valence-electron chi connectivity index (χ3n) is 3.46. The molecule has 0 spiro atoms. The second-order valence-corrected chi connectivity index (χ2v) is 7.07. The Morgan fingerprint density at radius 3 is 2.64 bits per heavy atom. The molecule has 9 nitrogen and oxygen atoms in total. The van der Waals surface area contributed by atoms with Crippen LogP contribution in [-0.4, -0.2) is 31.2 Å². The van der Waals surface area contributed by atoms with Gasteiger partial charge in [-0.3, -0.25) is 19.4 Å². The molecule has 11 heteroatoms. The van der Waals surface area contributed by atoms with Gasteiger partial charge in [-0.1, -0.05) is 29.4 Å². The molecular formula is C17H14ClN5O4S. The molecule has 0 radical (unpaired) electrons. The lowest BCUT2D eigenvalue weighted by atomic mass is 10.3. The van der Waals surface area contributed by atoms with Crippen LogP contribution in [0.4, 0.5) is 5.82 Å². The Hall–Kier alpha value is -3.11. The number of carbonyl (C=O) groups is 1. The second kappa shape index (κ2) is 8.28. The molecular weight excluding hydrogens is 406 g/mol. The second-order valence-electron chi connectivity index (χ2n) is 5.67. The molecule has 0 bridgehead atoms. The normalized spacial score (nSPS) is 10.6. The molecule has 3 aromatic rings. The van der Waals surface area contributed by atoms with Crippen LogP contribution >= 0.6 is 23.4 Å². The van der Waals surface area contributed by atoms with E-state index in [2.05, 4.69) is 20.3 Å². The van der Waals surface area contributed by atoms with Gasteiger partial charge in [-0.05, 0) is 25.1 Å². The number of anilines is 1. The van der Waals surface area contributed by atoms with E-state index in [0.717, 1.165) is 22.4 Å². The van der Waals surface area contributed by atoms with Gasteiger partial charge in [-0.25, -0.2) is 14.3 Å². The molecule has 0 fully saturated rings. The number of benzene rings is 1. The number of nitrogens with one attached hydrogen (secondary N) is 3. The fraction of sp³-hybridized carbons (Fsp3) is 0.118. The van der Waals surface area contributed by atoms with Crippen molar-refractivity contribution in [2.75, 3.05) is 11.1 Å². The molecule has 3 rings (SSSR count). The Balaban J connectivity index is 1.85. The number of thioether (sulfide) groups is 1. The van der Waals surface area contributed by atoms with Gasteiger partial charge in [0.05, 0.1) is 11.4 Å². The monoisotopic (exact) mass is 419 g/mol. The number of rotatable bonds is 5. The Kier molecular flexibility index (Phi) is 5.81. The van der Waals surface area contributed by atoms with E-state index >= 15 is 0 Å². The highest BCUT2D eigenvalue weighted by Gasteiger charge is 2.13. The lowest BCUT2D eigenvalue weighted by Gasteiger charge is -2.13. The highest BCUT2D eigenvalue weighted by atomic mass is 35.5. The van der Waals surface area contributed by atoms with E-state index < -0.39 is 17.2 Å². The number of carbonyl (C=O) groups excluding carboxylic acids is 1. The summed E-state index contributed by atoms with van der Waals surface area (Å²) in [6.07, 6.45) is 0. The molecule has 0 saturated carbocycles. The lowest BCUT2D eigenvalue weighted by Crippen LogP contribution is -2.32. The minimum atomic E-state index is -0.720. The van der Waals surface area contributed by atoms with Gasteiger partial charge in [0.2, 0.25) is 5.91 Å². The highest BCUT2D eigenvalue weighted by Crippen LogP contribution is 2.17. The van der Waals surface area contributed by atoms with E-state index in [0.29, 0.717) is 21.6 Å². The zero-order valence-electron chi connectivity index (χ0n) is 14.5. The van der Waals surface area contributed by atoms with Gasteiger partial charge in [0.15, 0.2) is 5.16 Å². The molecule has 0 aliphatic heterocycles. The molecule has 2 heterocycles. The fourth-order valence-electron chi connectivity index (χ4n) is 2.39. The van der Waals surface area contributed by atoms with Crippen LogP contribution in [0, 0.1) is 6.92 Å². The number of nitrogens with zero attached hydrogens (tertiary/aromatic N) is 2. The molecule has 144 valence electrons. The van der Waals surface area contributed by atoms with E-state index in [1.54, 1.807) is 25.1 Å². The summed E-state index contributed by atoms with van der Waals surface area (Å²) in [5, 5.41) is 3.21. The van der Waals surface area contributed by atoms with Crippen LogP contribution in [0.25, 0.3) is 5.69 Å². The average molecular weight is 420 g/mol. The molecule has 1 amide bonds. The minimum Gasteiger partial charge on any atom is -0.311 e. The quantitative estimate of drug-likeness (QED) is 0.422. The average Bonchev–Trinajstić information content (AvgIpc) is 2.58. The first-order valence-electron chi connectivity index (χ1n) is 7.95. The van der Waals surface area contributed by atoms with Crippen LogP contribution in [0.2, 0.25) is 5.02 Å². The summed E-state index contributed by atoms with van der Waals surface area (Å²) in [4.78, 5) is 56.5. The fourth-order valence-corrected chi connectivity index (χ4v) is 3.30. The number of halogens is 1. The lowest BCUT2D eigenvalue weighted by molar-refractivity contribution is -0.113. The van der Waals surface area contributed by atoms with E-state index in [1.807, 2.05) is 0 Å². The molecule has 2 aromatic heterocycles. The number of hydrogen-bond donors (Lipinski definition) is 3. The van der Waals surface area contributed by atoms with E-state index in [-0.39, 0.29) is 17.1 Å². The molecule has 0 saturated heterocycles. The summed E-state index contributed by atoms with van der Waals surface area (Å²) in [5.74, 6) is -0.592. The summed E-state index contributed by atoms with van der Waals surface area (Å²) in [7, 11) is 0. The van der Waals surface area contributed by atoms with Crippen molar-refractivity contribution in [1.29, 1.82) is 0 Å². The molecule has 0 unspecified atom stereocenters. The molecule has 0 aliphatic rings. The largest absolute Gasteiger partial charge is 0.334 e. The highest BCUT2D eigenvalue weighted by molar-refractivity contribution is 7.99. The van der Waals surface area contributed by atoms with Gasteiger partial charge in [0.25, 0.3) is 11.1 Å². The Labute approximate surface area is 166 Å². The van der Waals surface area contributed by atoms with Crippen molar-refractivity contribution >= 4 is 35.1 Å². The zero-order valence-corrected chi connectivity index (χ0v) is 16.1. The van der Waals surface area contributed by atoms with Gasteiger partial charge >= 0.3 is 5.69 Å². The maximum absolute atomic E-state index is 12.3. The standard InChI is InChI=1S/C17H14ClN5O4S/c1-9-5-13(24)21-16(19-9)28-8-15(26)20-12-7-14(25)22-17(27)23(12)11-4-2-3-10(18)6-11/h2-7H,8H2,1H3,(H,20,26)(H,19,21,24)(H,22,25,27). The minimum absolute atomic E-state index is 0.00712. The Bertz CT molecular complexity index is 1220. The summed E-state index contributed by atoms with van der Waals surface area (Å²) in [5.41, 5.74) is -0.796. The Morgan fingerprint density at radius 2 is 1.93 bits per heavy atom. The van der Waals surface area contributed by atoms with Crippen molar-refractivity contribution in [3.63, 3.8) is 0 Å². The Morgan fingerprint density at radius 1 is 1.18 bits per heavy atom. The molecule has 3 N–H and O–H groups in total. The van der Waals surface area contributed by atoms with Crippen LogP contribution in [0.1, 0.15) is 5.69 Å². The summed E-state index contributed by atoms with van der Waals surface area (Å²) in [6, 6.07) is 8.83. The smallest absolute Gasteiger partial charge is 0.311 e. The molecule has 1 aromatic carbocycles. The van der Waals surface area contributed by atoms with Crippen molar-refractivity contribution in [1.82, 2.24) is 19.5 Å². The summed E-state index contributed by atoms with van der Waals surface area (Å²) >= 11 is 6.98. The van der Waals surface area contributed by atoms with Gasteiger partial charge in [-0.15, -0.1) is 0 Å². The maximum atomic E-state index is 12.3. The number of hydrogen-bond acceptors (Lipinski definition) is 6. The predicted octanol–water partition coefficient (Wildman–Crippen LogP) is 1.30. The van der Waals surface area contributed by atoms with Crippen molar-refractivity contribution in [2.45, 2.75) is 12.1 Å². The van der Waals surface area contributed by atoms with Crippen LogP contribution in [0.15, 0.2) is 55.9 Å². The van der Waals surface area contributed by atoms with Gasteiger partial charge in [-0.2, -0.15) is 0 Å². The number of H-pyrrole nitrogens is 2. The summed E-state index contributed by atoms with van der Waals surface area (Å²) < 4.78 is 1.13. The van der Waals surface area contributed by atoms with Crippen LogP contribution in [-0.2, 0) is 4.79 Å². The van der Waals surface area contributed by atoms with Crippen molar-refractivity contribution in [2.24, 2.45) is 0 Å². The zero-order chi connectivity index (χ0) is 20.3. The van der Waals surface area contributed by atoms with Crippen molar-refractivity contribution in [3.8, 4) is 5.69 Å². The van der Waals surface area contributed by atoms with E-state index in [1.165, 1.54) is 12.1 Å². The first-order chi connectivity index (χ1) is 13.3. The maximum Gasteiger partial charge on any atom is 0.334 e. The van der Waals surface area contributed by atoms with Gasteiger partial charge < -0.3 is 10.3 Å². The van der Waals surface area contributed by atoms with Crippen molar-refractivity contribution < 1.29 is 4.79 Å². The topological polar surface area (TPSA) is 130 Å². The van der Waals surface area contributed by atoms with Crippen LogP contribution in [0.3, 0.4) is 0 Å². The predicted molar refractivity (Wildman–Crippen MR) is 107 cm³/mol. The van der Waals surface area contributed by atoms with Crippen LogP contribution in [0.5, 0.6) is 0 Å². The number of aromatic nitrogens is 4. The third kappa shape index (κ3) is 4.78. The number of aromatic amines is 2. The SMILES string of the molecule is Cc1cc(=O)[nH]c(SCC(=O)Nc2cc(=O)[nH]c(=O)n2-c2cccc(Cl)c2)n1. The molecule has 28 heavy (non-hydrogen) atoms. The van der Waals surface area contributed by atoms with Gasteiger partial charge in [0, 0.05) is 22.8 Å². The number of amides is 1. The first kappa shape index (κ1) is 19.6. The number of aryl methyl sites for hydroxylation is 1. The van der Waals surface area contributed by atoms with Crippen LogP contribution < -0.4 is 22.1 Å². The molecule has 0 aliphatic carbocycles. The van der Waals surface area contributed by atoms with Gasteiger partial charge in [0.1, 0.15) is 5.82 Å². The first-order valence-corrected chi connectivity index (χ1v) is 9.31. The van der Waals surface area contributed by atoms with E-state index in [9.17, 15) is 19.2 Å². The molecule has 0 atom stereocenters. The van der Waals surface area contributed by atoms with E-state index in [4.69, 9.17) is 11.6 Å². The third-order valence-corrected chi connectivity index (χ3v) is 4.57. The summed E-state index contributed by atoms with van der Waals surface area (Å²) in [6.45, 7) is 1.67.